The zero-order valence-corrected chi connectivity index (χ0v) is 12.0. The van der Waals surface area contributed by atoms with E-state index in [0.29, 0.717) is 5.17 Å². The Hall–Kier alpha value is -1.82. The van der Waals surface area contributed by atoms with Crippen molar-refractivity contribution in [3.8, 4) is 0 Å². The van der Waals surface area contributed by atoms with E-state index >= 15 is 0 Å². The van der Waals surface area contributed by atoms with Gasteiger partial charge in [0, 0.05) is 5.75 Å². The number of amidine groups is 1. The second kappa shape index (κ2) is 7.09. The summed E-state index contributed by atoms with van der Waals surface area (Å²) in [5.41, 5.74) is 1.12. The van der Waals surface area contributed by atoms with Gasteiger partial charge in [-0.1, -0.05) is 42.1 Å². The molecule has 0 saturated carbocycles. The van der Waals surface area contributed by atoms with Crippen LogP contribution in [-0.4, -0.2) is 29.4 Å². The lowest BCUT2D eigenvalue weighted by atomic mass is 10.1. The maximum absolute atomic E-state index is 11.6. The van der Waals surface area contributed by atoms with Gasteiger partial charge in [-0.15, -0.1) is 0 Å². The second-order valence-electron chi connectivity index (χ2n) is 4.20. The molecule has 0 bridgehead atoms. The van der Waals surface area contributed by atoms with Crippen LogP contribution in [0.1, 0.15) is 24.9 Å². The first-order chi connectivity index (χ1) is 9.69. The Morgan fingerprint density at radius 1 is 1.40 bits per heavy atom. The predicted octanol–water partition coefficient (Wildman–Crippen LogP) is 1.90. The van der Waals surface area contributed by atoms with Crippen LogP contribution in [0.5, 0.6) is 0 Å². The van der Waals surface area contributed by atoms with Crippen molar-refractivity contribution >= 4 is 28.8 Å². The van der Waals surface area contributed by atoms with E-state index in [9.17, 15) is 9.59 Å². The normalized spacial score (nSPS) is 17.4. The van der Waals surface area contributed by atoms with Crippen LogP contribution in [0.25, 0.3) is 0 Å². The average Bonchev–Trinajstić information content (AvgIpc) is 2.88. The van der Waals surface area contributed by atoms with E-state index < -0.39 is 5.97 Å². The summed E-state index contributed by atoms with van der Waals surface area (Å²) >= 11 is 1.48. The molecule has 0 radical (unpaired) electrons. The summed E-state index contributed by atoms with van der Waals surface area (Å²) in [5, 5.41) is 3.20. The highest BCUT2D eigenvalue weighted by Gasteiger charge is 2.21. The number of thioether (sulfide) groups is 1. The highest BCUT2D eigenvalue weighted by molar-refractivity contribution is 8.14. The van der Waals surface area contributed by atoms with Gasteiger partial charge in [0.05, 0.1) is 12.6 Å². The standard InChI is InChI=1S/C14H16N2O3S/c1-2-19-13(18)8-12(17)16-14-15-11(9-20-14)10-6-4-3-5-7-10/h3-7,11H,2,8-9H2,1H3,(H,15,16,17). The molecule has 2 rings (SSSR count). The summed E-state index contributed by atoms with van der Waals surface area (Å²) in [4.78, 5) is 27.3. The molecule has 0 saturated heterocycles. The van der Waals surface area contributed by atoms with Crippen molar-refractivity contribution in [2.75, 3.05) is 12.4 Å². The van der Waals surface area contributed by atoms with Crippen LogP contribution in [0, 0.1) is 0 Å². The van der Waals surface area contributed by atoms with Crippen LogP contribution in [0.2, 0.25) is 0 Å². The quantitative estimate of drug-likeness (QED) is 0.680. The Morgan fingerprint density at radius 2 is 2.15 bits per heavy atom. The molecule has 0 fully saturated rings. The number of nitrogens with zero attached hydrogens (tertiary/aromatic N) is 1. The van der Waals surface area contributed by atoms with E-state index in [1.165, 1.54) is 11.8 Å². The van der Waals surface area contributed by atoms with Gasteiger partial charge in [-0.3, -0.25) is 14.6 Å². The number of benzene rings is 1. The summed E-state index contributed by atoms with van der Waals surface area (Å²) in [6.07, 6.45) is -0.274. The van der Waals surface area contributed by atoms with Crippen LogP contribution >= 0.6 is 11.8 Å². The highest BCUT2D eigenvalue weighted by atomic mass is 32.2. The SMILES string of the molecule is CCOC(=O)CC(=O)NC1=NC(c2ccccc2)CS1. The van der Waals surface area contributed by atoms with Crippen molar-refractivity contribution < 1.29 is 14.3 Å². The van der Waals surface area contributed by atoms with Crippen molar-refractivity contribution in [1.29, 1.82) is 0 Å². The lowest BCUT2D eigenvalue weighted by Gasteiger charge is -2.04. The topological polar surface area (TPSA) is 67.8 Å². The predicted molar refractivity (Wildman–Crippen MR) is 78.5 cm³/mol. The minimum atomic E-state index is -0.520. The van der Waals surface area contributed by atoms with Crippen LogP contribution < -0.4 is 5.32 Å². The van der Waals surface area contributed by atoms with E-state index in [4.69, 9.17) is 4.74 Å². The molecule has 106 valence electrons. The Kier molecular flexibility index (Phi) is 5.17. The third-order valence-corrected chi connectivity index (χ3v) is 3.66. The maximum atomic E-state index is 11.6. The lowest BCUT2D eigenvalue weighted by Crippen LogP contribution is -2.29. The van der Waals surface area contributed by atoms with Gasteiger partial charge < -0.3 is 10.1 Å². The molecule has 1 N–H and O–H groups in total. The Bertz CT molecular complexity index is 516. The summed E-state index contributed by atoms with van der Waals surface area (Å²) in [6, 6.07) is 9.96. The number of rotatable bonds is 4. The van der Waals surface area contributed by atoms with Crippen LogP contribution in [0.15, 0.2) is 35.3 Å². The van der Waals surface area contributed by atoms with Gasteiger partial charge in [0.1, 0.15) is 6.42 Å². The molecule has 1 amide bonds. The van der Waals surface area contributed by atoms with Gasteiger partial charge in [-0.2, -0.15) is 0 Å². The molecule has 0 aromatic heterocycles. The molecule has 0 aliphatic carbocycles. The zero-order chi connectivity index (χ0) is 14.4. The molecule has 6 heteroatoms. The number of hydrogen-bond donors (Lipinski definition) is 1. The first kappa shape index (κ1) is 14.6. The van der Waals surface area contributed by atoms with Gasteiger partial charge in [-0.05, 0) is 12.5 Å². The van der Waals surface area contributed by atoms with Crippen LogP contribution in [-0.2, 0) is 14.3 Å². The van der Waals surface area contributed by atoms with E-state index in [-0.39, 0.29) is 25.0 Å². The molecule has 1 aliphatic rings. The molecular formula is C14H16N2O3S. The number of esters is 1. The fraction of sp³-hybridized carbons (Fsp3) is 0.357. The molecule has 1 aromatic carbocycles. The third-order valence-electron chi connectivity index (χ3n) is 2.69. The van der Waals surface area contributed by atoms with Crippen molar-refractivity contribution in [3.05, 3.63) is 35.9 Å². The van der Waals surface area contributed by atoms with Gasteiger partial charge in [-0.25, -0.2) is 0 Å². The number of ether oxygens (including phenoxy) is 1. The minimum absolute atomic E-state index is 0.0547. The van der Waals surface area contributed by atoms with E-state index in [0.717, 1.165) is 11.3 Å². The summed E-state index contributed by atoms with van der Waals surface area (Å²) in [6.45, 7) is 1.98. The Labute approximate surface area is 121 Å². The molecule has 0 spiro atoms. The number of amides is 1. The van der Waals surface area contributed by atoms with Crippen molar-refractivity contribution in [3.63, 3.8) is 0 Å². The molecule has 5 nitrogen and oxygen atoms in total. The van der Waals surface area contributed by atoms with Crippen LogP contribution in [0.4, 0.5) is 0 Å². The number of carbonyl (C=O) groups is 2. The van der Waals surface area contributed by atoms with Gasteiger partial charge in [0.15, 0.2) is 5.17 Å². The first-order valence-corrected chi connectivity index (χ1v) is 7.38. The van der Waals surface area contributed by atoms with E-state index in [1.54, 1.807) is 6.92 Å². The molecule has 1 heterocycles. The molecular weight excluding hydrogens is 276 g/mol. The van der Waals surface area contributed by atoms with Crippen molar-refractivity contribution in [2.45, 2.75) is 19.4 Å². The molecule has 20 heavy (non-hydrogen) atoms. The molecule has 1 atom stereocenters. The smallest absolute Gasteiger partial charge is 0.315 e. The number of hydrogen-bond acceptors (Lipinski definition) is 5. The van der Waals surface area contributed by atoms with Crippen molar-refractivity contribution in [1.82, 2.24) is 5.32 Å². The largest absolute Gasteiger partial charge is 0.466 e. The monoisotopic (exact) mass is 292 g/mol. The van der Waals surface area contributed by atoms with E-state index in [2.05, 4.69) is 10.3 Å². The fourth-order valence-corrected chi connectivity index (χ4v) is 2.77. The molecule has 1 aliphatic heterocycles. The zero-order valence-electron chi connectivity index (χ0n) is 11.2. The first-order valence-electron chi connectivity index (χ1n) is 6.40. The lowest BCUT2D eigenvalue weighted by molar-refractivity contribution is -0.145. The number of carbonyl (C=O) groups excluding carboxylic acids is 2. The average molecular weight is 292 g/mol. The second-order valence-corrected chi connectivity index (χ2v) is 5.21. The highest BCUT2D eigenvalue weighted by Crippen LogP contribution is 2.29. The Balaban J connectivity index is 1.88. The summed E-state index contributed by atoms with van der Waals surface area (Å²) in [5.74, 6) is -0.115. The van der Waals surface area contributed by atoms with Crippen LogP contribution in [0.3, 0.4) is 0 Å². The number of nitrogens with one attached hydrogen (secondary N) is 1. The summed E-state index contributed by atoms with van der Waals surface area (Å²) in [7, 11) is 0. The number of aliphatic imine (C=N–C) groups is 1. The summed E-state index contributed by atoms with van der Waals surface area (Å²) < 4.78 is 4.72. The van der Waals surface area contributed by atoms with Gasteiger partial charge >= 0.3 is 5.97 Å². The fourth-order valence-electron chi connectivity index (χ4n) is 1.79. The minimum Gasteiger partial charge on any atom is -0.466 e. The van der Waals surface area contributed by atoms with Crippen molar-refractivity contribution in [2.24, 2.45) is 4.99 Å². The molecule has 1 aromatic rings. The molecule has 1 unspecified atom stereocenters. The van der Waals surface area contributed by atoms with Gasteiger partial charge in [0.25, 0.3) is 0 Å². The van der Waals surface area contributed by atoms with Gasteiger partial charge in [0.2, 0.25) is 5.91 Å². The Morgan fingerprint density at radius 3 is 2.85 bits per heavy atom. The maximum Gasteiger partial charge on any atom is 0.315 e. The third kappa shape index (κ3) is 4.09. The van der Waals surface area contributed by atoms with E-state index in [1.807, 2.05) is 30.3 Å².